The van der Waals surface area contributed by atoms with Gasteiger partial charge in [-0.2, -0.15) is 10.2 Å². The van der Waals surface area contributed by atoms with Gasteiger partial charge in [-0.1, -0.05) is 5.16 Å². The predicted molar refractivity (Wildman–Crippen MR) is 77.7 cm³/mol. The van der Waals surface area contributed by atoms with Gasteiger partial charge in [0, 0.05) is 19.1 Å². The second kappa shape index (κ2) is 5.93. The lowest BCUT2D eigenvalue weighted by Crippen LogP contribution is -2.42. The van der Waals surface area contributed by atoms with Crippen LogP contribution in [0.3, 0.4) is 0 Å². The summed E-state index contributed by atoms with van der Waals surface area (Å²) in [5.41, 5.74) is 0.559. The van der Waals surface area contributed by atoms with Gasteiger partial charge < -0.3 is 9.26 Å². The first-order valence-corrected chi connectivity index (χ1v) is 7.74. The van der Waals surface area contributed by atoms with E-state index >= 15 is 0 Å². The maximum absolute atomic E-state index is 9.06. The molecule has 0 radical (unpaired) electrons. The summed E-state index contributed by atoms with van der Waals surface area (Å²) in [6.45, 7) is 6.66. The van der Waals surface area contributed by atoms with E-state index < -0.39 is 0 Å². The molecule has 0 saturated carbocycles. The van der Waals surface area contributed by atoms with E-state index in [1.165, 1.54) is 11.3 Å². The molecule has 1 aliphatic heterocycles. The van der Waals surface area contributed by atoms with E-state index in [2.05, 4.69) is 35.0 Å². The van der Waals surface area contributed by atoms with E-state index in [0.29, 0.717) is 34.8 Å². The fourth-order valence-electron chi connectivity index (χ4n) is 2.32. The van der Waals surface area contributed by atoms with Crippen LogP contribution in [0.5, 0.6) is 0 Å². The summed E-state index contributed by atoms with van der Waals surface area (Å²) < 4.78 is 11.0. The van der Waals surface area contributed by atoms with Crippen LogP contribution in [0.1, 0.15) is 31.3 Å². The summed E-state index contributed by atoms with van der Waals surface area (Å²) in [6.07, 6.45) is -0.177. The Morgan fingerprint density at radius 2 is 2.38 bits per heavy atom. The van der Waals surface area contributed by atoms with Gasteiger partial charge in [0.2, 0.25) is 5.82 Å². The third-order valence-electron chi connectivity index (χ3n) is 3.54. The first-order valence-electron chi connectivity index (χ1n) is 6.86. The zero-order chi connectivity index (χ0) is 14.8. The molecule has 7 heteroatoms. The van der Waals surface area contributed by atoms with Gasteiger partial charge in [-0.3, -0.25) is 4.90 Å². The summed E-state index contributed by atoms with van der Waals surface area (Å²) in [7, 11) is 0. The molecule has 1 saturated heterocycles. The zero-order valence-corrected chi connectivity index (χ0v) is 12.8. The Kier molecular flexibility index (Phi) is 4.01. The van der Waals surface area contributed by atoms with E-state index in [0.717, 1.165) is 13.1 Å². The molecule has 1 atom stereocenters. The molecule has 110 valence electrons. The Labute approximate surface area is 126 Å². The molecule has 0 bridgehead atoms. The van der Waals surface area contributed by atoms with Gasteiger partial charge in [0.25, 0.3) is 5.89 Å². The van der Waals surface area contributed by atoms with Crippen LogP contribution < -0.4 is 0 Å². The molecule has 1 unspecified atom stereocenters. The number of hydrogen-bond donors (Lipinski definition) is 0. The first-order chi connectivity index (χ1) is 10.2. The number of aromatic nitrogens is 2. The second-order valence-corrected chi connectivity index (χ2v) is 6.10. The quantitative estimate of drug-likeness (QED) is 0.867. The minimum absolute atomic E-state index is 0.177. The lowest BCUT2D eigenvalue weighted by atomic mass is 10.2. The third-order valence-corrected chi connectivity index (χ3v) is 4.44. The summed E-state index contributed by atoms with van der Waals surface area (Å²) in [5, 5.41) is 14.9. The smallest absolute Gasteiger partial charge is 0.269 e. The lowest BCUT2D eigenvalue weighted by Gasteiger charge is -2.34. The fraction of sp³-hybridized carbons (Fsp3) is 0.500. The number of nitrogens with zero attached hydrogens (tertiary/aromatic N) is 4. The van der Waals surface area contributed by atoms with Crippen LogP contribution in [0.25, 0.3) is 10.8 Å². The van der Waals surface area contributed by atoms with Crippen molar-refractivity contribution in [3.63, 3.8) is 0 Å². The molecule has 6 nitrogen and oxygen atoms in total. The molecule has 21 heavy (non-hydrogen) atoms. The maximum atomic E-state index is 9.06. The zero-order valence-electron chi connectivity index (χ0n) is 11.9. The van der Waals surface area contributed by atoms with Gasteiger partial charge >= 0.3 is 0 Å². The van der Waals surface area contributed by atoms with Crippen LogP contribution in [0.2, 0.25) is 0 Å². The molecule has 2 aromatic rings. The van der Waals surface area contributed by atoms with E-state index in [1.54, 1.807) is 6.07 Å². The van der Waals surface area contributed by atoms with Gasteiger partial charge in [0.1, 0.15) is 17.1 Å². The average Bonchev–Trinajstić information content (AvgIpc) is 3.15. The number of nitriles is 1. The minimum atomic E-state index is -0.177. The summed E-state index contributed by atoms with van der Waals surface area (Å²) in [4.78, 5) is 7.45. The fourth-order valence-corrected chi connectivity index (χ4v) is 3.08. The summed E-state index contributed by atoms with van der Waals surface area (Å²) in [6, 6.07) is 4.34. The van der Waals surface area contributed by atoms with Crippen molar-refractivity contribution in [1.82, 2.24) is 15.0 Å². The molecule has 3 rings (SSSR count). The highest BCUT2D eigenvalue weighted by Gasteiger charge is 2.28. The molecular formula is C14H16N4O2S. The Bertz CT molecular complexity index is 658. The highest BCUT2D eigenvalue weighted by molar-refractivity contribution is 7.13. The van der Waals surface area contributed by atoms with E-state index in [4.69, 9.17) is 14.5 Å². The van der Waals surface area contributed by atoms with Crippen molar-refractivity contribution in [1.29, 1.82) is 5.26 Å². The van der Waals surface area contributed by atoms with Crippen LogP contribution in [-0.2, 0) is 4.74 Å². The standard InChI is InChI=1S/C14H16N4O2S/c1-9(2)18-4-5-19-11(8-18)13-16-14(20-17-13)12-10(7-15)3-6-21-12/h3,6,9,11H,4-5,8H2,1-2H3. The van der Waals surface area contributed by atoms with Gasteiger partial charge in [-0.25, -0.2) is 0 Å². The Hall–Kier alpha value is -1.75. The van der Waals surface area contributed by atoms with Crippen molar-refractivity contribution >= 4 is 11.3 Å². The van der Waals surface area contributed by atoms with Crippen molar-refractivity contribution in [2.24, 2.45) is 0 Å². The molecular weight excluding hydrogens is 288 g/mol. The lowest BCUT2D eigenvalue weighted by molar-refractivity contribution is -0.0450. The van der Waals surface area contributed by atoms with Gasteiger partial charge in [0.05, 0.1) is 12.2 Å². The number of rotatable bonds is 3. The van der Waals surface area contributed by atoms with Crippen LogP contribution in [-0.4, -0.2) is 40.8 Å². The maximum Gasteiger partial charge on any atom is 0.269 e. The van der Waals surface area contributed by atoms with Crippen LogP contribution in [0.15, 0.2) is 16.0 Å². The molecule has 0 aliphatic carbocycles. The van der Waals surface area contributed by atoms with Gasteiger partial charge in [-0.05, 0) is 25.3 Å². The highest BCUT2D eigenvalue weighted by Crippen LogP contribution is 2.29. The second-order valence-electron chi connectivity index (χ2n) is 5.18. The van der Waals surface area contributed by atoms with E-state index in [1.807, 2.05) is 5.38 Å². The van der Waals surface area contributed by atoms with Gasteiger partial charge in [0.15, 0.2) is 0 Å². The first kappa shape index (κ1) is 14.2. The average molecular weight is 304 g/mol. The van der Waals surface area contributed by atoms with Crippen molar-refractivity contribution < 1.29 is 9.26 Å². The number of hydrogen-bond acceptors (Lipinski definition) is 7. The van der Waals surface area contributed by atoms with Crippen molar-refractivity contribution in [3.05, 3.63) is 22.8 Å². The van der Waals surface area contributed by atoms with Crippen LogP contribution >= 0.6 is 11.3 Å². The summed E-state index contributed by atoms with van der Waals surface area (Å²) in [5.74, 6) is 0.939. The van der Waals surface area contributed by atoms with E-state index in [9.17, 15) is 0 Å². The Morgan fingerprint density at radius 1 is 1.52 bits per heavy atom. The minimum Gasteiger partial charge on any atom is -0.367 e. The van der Waals surface area contributed by atoms with Crippen molar-refractivity contribution in [2.45, 2.75) is 26.0 Å². The largest absolute Gasteiger partial charge is 0.367 e. The number of morpholine rings is 1. The summed E-state index contributed by atoms with van der Waals surface area (Å²) >= 11 is 1.42. The van der Waals surface area contributed by atoms with Crippen LogP contribution in [0.4, 0.5) is 0 Å². The van der Waals surface area contributed by atoms with E-state index in [-0.39, 0.29) is 6.10 Å². The number of ether oxygens (including phenoxy) is 1. The molecule has 1 aliphatic rings. The molecule has 0 N–H and O–H groups in total. The SMILES string of the molecule is CC(C)N1CCOC(c2noc(-c3sccc3C#N)n2)C1. The Balaban J connectivity index is 1.81. The normalized spacial score (nSPS) is 19.8. The Morgan fingerprint density at radius 3 is 3.14 bits per heavy atom. The molecule has 1 fully saturated rings. The third kappa shape index (κ3) is 2.83. The van der Waals surface area contributed by atoms with Crippen LogP contribution in [0, 0.1) is 11.3 Å². The van der Waals surface area contributed by atoms with Gasteiger partial charge in [-0.15, -0.1) is 11.3 Å². The molecule has 0 amide bonds. The molecule has 0 spiro atoms. The number of thiophene rings is 1. The monoisotopic (exact) mass is 304 g/mol. The molecule has 0 aromatic carbocycles. The van der Waals surface area contributed by atoms with Crippen molar-refractivity contribution in [2.75, 3.05) is 19.7 Å². The predicted octanol–water partition coefficient (Wildman–Crippen LogP) is 2.45. The highest BCUT2D eigenvalue weighted by atomic mass is 32.1. The van der Waals surface area contributed by atoms with Crippen molar-refractivity contribution in [3.8, 4) is 16.8 Å². The molecule has 2 aromatic heterocycles. The molecule has 3 heterocycles. The topological polar surface area (TPSA) is 75.2 Å².